The lowest BCUT2D eigenvalue weighted by molar-refractivity contribution is 0.865. The monoisotopic (exact) mass is 258 g/mol. The Labute approximate surface area is 112 Å². The summed E-state index contributed by atoms with van der Waals surface area (Å²) in [6.07, 6.45) is 1.41. The molecule has 0 fully saturated rings. The van der Waals surface area contributed by atoms with Gasteiger partial charge in [-0.2, -0.15) is 10.1 Å². The molecule has 0 radical (unpaired) electrons. The van der Waals surface area contributed by atoms with Gasteiger partial charge in [-0.05, 0) is 44.5 Å². The van der Waals surface area contributed by atoms with E-state index in [0.717, 1.165) is 24.3 Å². The van der Waals surface area contributed by atoms with Crippen LogP contribution in [0.3, 0.4) is 0 Å². The van der Waals surface area contributed by atoms with Crippen LogP contribution in [0.1, 0.15) is 19.4 Å². The summed E-state index contributed by atoms with van der Waals surface area (Å²) in [6.45, 7) is 8.32. The van der Waals surface area contributed by atoms with Gasteiger partial charge in [0.2, 0.25) is 0 Å². The van der Waals surface area contributed by atoms with Gasteiger partial charge in [0.15, 0.2) is 0 Å². The van der Waals surface area contributed by atoms with Crippen molar-refractivity contribution in [2.75, 3.05) is 18.0 Å². The minimum atomic E-state index is 0.409. The van der Waals surface area contributed by atoms with Gasteiger partial charge >= 0.3 is 0 Å². The van der Waals surface area contributed by atoms with Gasteiger partial charge in [0.1, 0.15) is 6.33 Å². The maximum atomic E-state index is 4.17. The van der Waals surface area contributed by atoms with Crippen LogP contribution in [0.2, 0.25) is 0 Å². The third-order valence-corrected chi connectivity index (χ3v) is 2.96. The molecular weight excluding hydrogens is 240 g/mol. The molecule has 2 rings (SSSR count). The van der Waals surface area contributed by atoms with E-state index in [1.807, 2.05) is 13.0 Å². The fourth-order valence-electron chi connectivity index (χ4n) is 1.89. The second-order valence-electron chi connectivity index (χ2n) is 4.15. The van der Waals surface area contributed by atoms with E-state index < -0.39 is 0 Å². The Morgan fingerprint density at radius 1 is 1.21 bits per heavy atom. The summed E-state index contributed by atoms with van der Waals surface area (Å²) < 4.78 is 0. The summed E-state index contributed by atoms with van der Waals surface area (Å²) in [4.78, 5) is 6.19. The lowest BCUT2D eigenvalue weighted by Gasteiger charge is -2.21. The van der Waals surface area contributed by atoms with Gasteiger partial charge < -0.3 is 4.90 Å². The number of aryl methyl sites for hydroxylation is 1. The molecule has 0 aliphatic carbocycles. The molecule has 1 aromatic carbocycles. The minimum Gasteiger partial charge on any atom is -0.372 e. The molecule has 0 aliphatic heterocycles. The topological polar surface area (TPSA) is 69.5 Å². The lowest BCUT2D eigenvalue weighted by atomic mass is 10.1. The average Bonchev–Trinajstić information content (AvgIpc) is 2.92. The predicted octanol–water partition coefficient (Wildman–Crippen LogP) is 3.37. The molecule has 0 spiro atoms. The molecular formula is C13H18N6. The third kappa shape index (κ3) is 3.15. The highest BCUT2D eigenvalue weighted by Gasteiger charge is 2.04. The molecule has 0 amide bonds. The maximum Gasteiger partial charge on any atom is 0.264 e. The fraction of sp³-hybridized carbons (Fsp3) is 0.385. The first-order chi connectivity index (χ1) is 9.24. The molecule has 0 saturated heterocycles. The van der Waals surface area contributed by atoms with E-state index in [1.165, 1.54) is 12.0 Å². The molecule has 2 aromatic rings. The Balaban J connectivity index is 2.20. The van der Waals surface area contributed by atoms with Crippen molar-refractivity contribution in [3.05, 3.63) is 30.1 Å². The average molecular weight is 258 g/mol. The number of hydrogen-bond donors (Lipinski definition) is 1. The number of nitrogens with zero attached hydrogens (tertiary/aromatic N) is 5. The SMILES string of the molecule is CCN(CC)c1ccc(N=Nc2ncn[nH]2)c(C)c1. The number of hydrogen-bond acceptors (Lipinski definition) is 5. The van der Waals surface area contributed by atoms with Crippen LogP contribution >= 0.6 is 0 Å². The summed E-state index contributed by atoms with van der Waals surface area (Å²) in [5.41, 5.74) is 3.14. The van der Waals surface area contributed by atoms with E-state index in [1.54, 1.807) is 0 Å². The molecule has 6 heteroatoms. The van der Waals surface area contributed by atoms with Crippen LogP contribution in [-0.2, 0) is 0 Å². The van der Waals surface area contributed by atoms with E-state index in [-0.39, 0.29) is 0 Å². The Morgan fingerprint density at radius 3 is 2.58 bits per heavy atom. The van der Waals surface area contributed by atoms with E-state index in [9.17, 15) is 0 Å². The summed E-state index contributed by atoms with van der Waals surface area (Å²) >= 11 is 0. The van der Waals surface area contributed by atoms with Gasteiger partial charge in [0.05, 0.1) is 5.69 Å². The summed E-state index contributed by atoms with van der Waals surface area (Å²) in [5.74, 6) is 0.409. The normalized spacial score (nSPS) is 11.1. The molecule has 0 bridgehead atoms. The zero-order valence-corrected chi connectivity index (χ0v) is 11.5. The molecule has 0 saturated carbocycles. The first-order valence-electron chi connectivity index (χ1n) is 6.37. The third-order valence-electron chi connectivity index (χ3n) is 2.96. The quantitative estimate of drug-likeness (QED) is 0.836. The Kier molecular flexibility index (Phi) is 4.22. The zero-order chi connectivity index (χ0) is 13.7. The maximum absolute atomic E-state index is 4.17. The highest BCUT2D eigenvalue weighted by atomic mass is 15.3. The van der Waals surface area contributed by atoms with Crippen molar-refractivity contribution >= 4 is 17.3 Å². The Hall–Kier alpha value is -2.24. The number of aromatic amines is 1. The number of H-pyrrole nitrogens is 1. The second-order valence-corrected chi connectivity index (χ2v) is 4.15. The summed E-state index contributed by atoms with van der Waals surface area (Å²) in [7, 11) is 0. The minimum absolute atomic E-state index is 0.409. The van der Waals surface area contributed by atoms with Gasteiger partial charge in [0, 0.05) is 18.8 Å². The van der Waals surface area contributed by atoms with Crippen LogP contribution in [0, 0.1) is 6.92 Å². The number of aromatic nitrogens is 3. The highest BCUT2D eigenvalue weighted by molar-refractivity contribution is 5.57. The first kappa shape index (κ1) is 13.2. The van der Waals surface area contributed by atoms with Crippen LogP contribution in [0.15, 0.2) is 34.8 Å². The zero-order valence-electron chi connectivity index (χ0n) is 11.5. The second kappa shape index (κ2) is 6.08. The summed E-state index contributed by atoms with van der Waals surface area (Å²) in [5, 5.41) is 14.5. The van der Waals surface area contributed by atoms with Gasteiger partial charge in [-0.15, -0.1) is 10.2 Å². The van der Waals surface area contributed by atoms with E-state index in [0.29, 0.717) is 5.95 Å². The van der Waals surface area contributed by atoms with Gasteiger partial charge in [-0.3, -0.25) is 0 Å². The van der Waals surface area contributed by atoms with Gasteiger partial charge in [-0.25, -0.2) is 5.10 Å². The molecule has 1 heterocycles. The van der Waals surface area contributed by atoms with Crippen molar-refractivity contribution in [1.29, 1.82) is 0 Å². The number of nitrogens with one attached hydrogen (secondary N) is 1. The van der Waals surface area contributed by atoms with Crippen molar-refractivity contribution in [2.24, 2.45) is 10.2 Å². The van der Waals surface area contributed by atoms with Crippen LogP contribution in [0.5, 0.6) is 0 Å². The smallest absolute Gasteiger partial charge is 0.264 e. The van der Waals surface area contributed by atoms with Crippen molar-refractivity contribution in [3.8, 4) is 0 Å². The molecule has 0 unspecified atom stereocenters. The number of benzene rings is 1. The van der Waals surface area contributed by atoms with Crippen molar-refractivity contribution in [3.63, 3.8) is 0 Å². The molecule has 100 valence electrons. The predicted molar refractivity (Wildman–Crippen MR) is 75.3 cm³/mol. The molecule has 19 heavy (non-hydrogen) atoms. The summed E-state index contributed by atoms with van der Waals surface area (Å²) in [6, 6.07) is 6.17. The molecule has 6 nitrogen and oxygen atoms in total. The largest absolute Gasteiger partial charge is 0.372 e. The van der Waals surface area contributed by atoms with Crippen molar-refractivity contribution in [1.82, 2.24) is 15.2 Å². The molecule has 0 atom stereocenters. The molecule has 1 aromatic heterocycles. The number of rotatable bonds is 5. The fourth-order valence-corrected chi connectivity index (χ4v) is 1.89. The van der Waals surface area contributed by atoms with Crippen molar-refractivity contribution in [2.45, 2.75) is 20.8 Å². The van der Waals surface area contributed by atoms with Crippen molar-refractivity contribution < 1.29 is 0 Å². The first-order valence-corrected chi connectivity index (χ1v) is 6.37. The van der Waals surface area contributed by atoms with Gasteiger partial charge in [0.25, 0.3) is 5.95 Å². The number of anilines is 1. The number of azo groups is 1. The van der Waals surface area contributed by atoms with Gasteiger partial charge in [-0.1, -0.05) is 0 Å². The lowest BCUT2D eigenvalue weighted by Crippen LogP contribution is -2.21. The molecule has 0 aliphatic rings. The molecule has 1 N–H and O–H groups in total. The van der Waals surface area contributed by atoms with E-state index in [4.69, 9.17) is 0 Å². The highest BCUT2D eigenvalue weighted by Crippen LogP contribution is 2.25. The Morgan fingerprint density at radius 2 is 2.00 bits per heavy atom. The van der Waals surface area contributed by atoms with Crippen LogP contribution < -0.4 is 4.90 Å². The van der Waals surface area contributed by atoms with E-state index >= 15 is 0 Å². The van der Waals surface area contributed by atoms with E-state index in [2.05, 4.69) is 56.3 Å². The Bertz CT molecular complexity index is 542. The standard InChI is InChI=1S/C13H18N6/c1-4-19(5-2)11-6-7-12(10(3)8-11)16-18-13-14-9-15-17-13/h6-9H,4-5H2,1-3H3,(H,14,15,17). The van der Waals surface area contributed by atoms with Crippen LogP contribution in [0.25, 0.3) is 0 Å². The van der Waals surface area contributed by atoms with Crippen LogP contribution in [0.4, 0.5) is 17.3 Å². The van der Waals surface area contributed by atoms with Crippen LogP contribution in [-0.4, -0.2) is 28.3 Å².